The summed E-state index contributed by atoms with van der Waals surface area (Å²) < 4.78 is 38.5. The van der Waals surface area contributed by atoms with Crippen LogP contribution >= 0.6 is 0 Å². The van der Waals surface area contributed by atoms with Crippen molar-refractivity contribution >= 4 is 21.6 Å². The normalized spacial score (nSPS) is 12.2. The predicted octanol–water partition coefficient (Wildman–Crippen LogP) is 2.32. The second-order valence-corrected chi connectivity index (χ2v) is 7.22. The molecule has 1 unspecified atom stereocenters. The third-order valence-corrected chi connectivity index (χ3v) is 4.01. The Kier molecular flexibility index (Phi) is 5.85. The zero-order valence-electron chi connectivity index (χ0n) is 13.4. The van der Waals surface area contributed by atoms with Crippen molar-refractivity contribution in [2.24, 2.45) is 0 Å². The third-order valence-electron chi connectivity index (χ3n) is 3.29. The van der Waals surface area contributed by atoms with Gasteiger partial charge < -0.3 is 5.32 Å². The van der Waals surface area contributed by atoms with Crippen LogP contribution in [0.2, 0.25) is 0 Å². The number of carbonyl (C=O) groups excluding carboxylic acids is 1. The van der Waals surface area contributed by atoms with E-state index >= 15 is 0 Å². The maximum atomic E-state index is 13.1. The summed E-state index contributed by atoms with van der Waals surface area (Å²) in [6, 6.07) is 12.7. The number of nitrogens with zero attached hydrogens (tertiary/aromatic N) is 1. The molecule has 0 heterocycles. The highest BCUT2D eigenvalue weighted by molar-refractivity contribution is 7.88. The molecule has 2 aromatic carbocycles. The van der Waals surface area contributed by atoms with E-state index in [4.69, 9.17) is 5.26 Å². The van der Waals surface area contributed by atoms with E-state index in [0.717, 1.165) is 6.26 Å². The Morgan fingerprint density at radius 2 is 1.92 bits per heavy atom. The SMILES string of the molecule is CS(=O)(=O)NC(CC(=O)Nc1cccc(C#N)c1)c1ccc(F)cc1. The summed E-state index contributed by atoms with van der Waals surface area (Å²) in [6.45, 7) is 0. The number of nitrogens with one attached hydrogen (secondary N) is 2. The van der Waals surface area contributed by atoms with E-state index in [9.17, 15) is 17.6 Å². The number of hydrogen-bond acceptors (Lipinski definition) is 4. The average molecular weight is 361 g/mol. The summed E-state index contributed by atoms with van der Waals surface area (Å²) in [7, 11) is -3.58. The van der Waals surface area contributed by atoms with Crippen LogP contribution in [0.1, 0.15) is 23.6 Å². The minimum atomic E-state index is -3.58. The molecule has 6 nitrogen and oxygen atoms in total. The lowest BCUT2D eigenvalue weighted by atomic mass is 10.0. The first kappa shape index (κ1) is 18.6. The molecular weight excluding hydrogens is 345 g/mol. The minimum Gasteiger partial charge on any atom is -0.326 e. The van der Waals surface area contributed by atoms with Gasteiger partial charge in [0, 0.05) is 12.1 Å². The van der Waals surface area contributed by atoms with E-state index in [-0.39, 0.29) is 6.42 Å². The highest BCUT2D eigenvalue weighted by Crippen LogP contribution is 2.20. The Morgan fingerprint density at radius 1 is 1.24 bits per heavy atom. The molecule has 0 bridgehead atoms. The van der Waals surface area contributed by atoms with E-state index in [0.29, 0.717) is 16.8 Å². The Balaban J connectivity index is 2.16. The molecule has 2 aromatic rings. The largest absolute Gasteiger partial charge is 0.326 e. The quantitative estimate of drug-likeness (QED) is 0.825. The Labute approximate surface area is 145 Å². The first-order valence-corrected chi connectivity index (χ1v) is 9.19. The van der Waals surface area contributed by atoms with Crippen molar-refractivity contribution in [1.29, 1.82) is 5.26 Å². The van der Waals surface area contributed by atoms with E-state index in [1.807, 2.05) is 6.07 Å². The third kappa shape index (κ3) is 5.99. The first-order chi connectivity index (χ1) is 11.8. The zero-order chi connectivity index (χ0) is 18.4. The van der Waals surface area contributed by atoms with Gasteiger partial charge in [0.15, 0.2) is 0 Å². The van der Waals surface area contributed by atoms with Gasteiger partial charge in [0.1, 0.15) is 5.82 Å². The molecule has 0 radical (unpaired) electrons. The van der Waals surface area contributed by atoms with Gasteiger partial charge in [-0.15, -0.1) is 0 Å². The minimum absolute atomic E-state index is 0.185. The number of rotatable bonds is 6. The van der Waals surface area contributed by atoms with E-state index in [1.165, 1.54) is 30.3 Å². The van der Waals surface area contributed by atoms with Crippen LogP contribution in [-0.2, 0) is 14.8 Å². The number of benzene rings is 2. The van der Waals surface area contributed by atoms with Crippen LogP contribution < -0.4 is 10.0 Å². The molecule has 0 saturated heterocycles. The average Bonchev–Trinajstić information content (AvgIpc) is 2.53. The molecular formula is C17H16FN3O3S. The second kappa shape index (κ2) is 7.88. The zero-order valence-corrected chi connectivity index (χ0v) is 14.2. The van der Waals surface area contributed by atoms with Crippen molar-refractivity contribution in [2.45, 2.75) is 12.5 Å². The van der Waals surface area contributed by atoms with Gasteiger partial charge in [0.05, 0.1) is 23.9 Å². The lowest BCUT2D eigenvalue weighted by molar-refractivity contribution is -0.116. The van der Waals surface area contributed by atoms with Gasteiger partial charge in [0.2, 0.25) is 15.9 Å². The van der Waals surface area contributed by atoms with Crippen LogP contribution in [0, 0.1) is 17.1 Å². The smallest absolute Gasteiger partial charge is 0.226 e. The molecule has 2 rings (SSSR count). The molecule has 25 heavy (non-hydrogen) atoms. The maximum absolute atomic E-state index is 13.1. The van der Waals surface area contributed by atoms with Crippen LogP contribution in [-0.4, -0.2) is 20.6 Å². The molecule has 130 valence electrons. The van der Waals surface area contributed by atoms with Crippen molar-refractivity contribution in [3.05, 3.63) is 65.5 Å². The number of amides is 1. The molecule has 0 aliphatic rings. The summed E-state index contributed by atoms with van der Waals surface area (Å²) >= 11 is 0. The van der Waals surface area contributed by atoms with Crippen molar-refractivity contribution in [2.75, 3.05) is 11.6 Å². The van der Waals surface area contributed by atoms with Crippen LogP contribution in [0.3, 0.4) is 0 Å². The predicted molar refractivity (Wildman–Crippen MR) is 91.5 cm³/mol. The van der Waals surface area contributed by atoms with Crippen LogP contribution in [0.25, 0.3) is 0 Å². The highest BCUT2D eigenvalue weighted by atomic mass is 32.2. The van der Waals surface area contributed by atoms with Gasteiger partial charge in [-0.05, 0) is 35.9 Å². The second-order valence-electron chi connectivity index (χ2n) is 5.44. The standard InChI is InChI=1S/C17H16FN3O3S/c1-25(23,24)21-16(13-5-7-14(18)8-6-13)10-17(22)20-15-4-2-3-12(9-15)11-19/h2-9,16,21H,10H2,1H3,(H,20,22). The molecule has 0 fully saturated rings. The molecule has 8 heteroatoms. The lowest BCUT2D eigenvalue weighted by Crippen LogP contribution is -2.30. The molecule has 0 aromatic heterocycles. The monoisotopic (exact) mass is 361 g/mol. The number of anilines is 1. The fourth-order valence-electron chi connectivity index (χ4n) is 2.24. The first-order valence-electron chi connectivity index (χ1n) is 7.29. The molecule has 1 atom stereocenters. The number of nitriles is 1. The highest BCUT2D eigenvalue weighted by Gasteiger charge is 2.20. The maximum Gasteiger partial charge on any atom is 0.226 e. The van der Waals surface area contributed by atoms with Crippen molar-refractivity contribution in [3.8, 4) is 6.07 Å². The molecule has 0 saturated carbocycles. The molecule has 0 aliphatic heterocycles. The summed E-state index contributed by atoms with van der Waals surface area (Å²) in [5, 5.41) is 11.5. The molecule has 0 spiro atoms. The lowest BCUT2D eigenvalue weighted by Gasteiger charge is -2.18. The van der Waals surface area contributed by atoms with Crippen molar-refractivity contribution < 1.29 is 17.6 Å². The summed E-state index contributed by atoms with van der Waals surface area (Å²) in [4.78, 5) is 12.2. The van der Waals surface area contributed by atoms with E-state index < -0.39 is 27.8 Å². The molecule has 1 amide bonds. The number of carbonyl (C=O) groups is 1. The Hall–Kier alpha value is -2.76. The van der Waals surface area contributed by atoms with Gasteiger partial charge in [-0.2, -0.15) is 5.26 Å². The number of halogens is 1. The van der Waals surface area contributed by atoms with Gasteiger partial charge in [-0.25, -0.2) is 17.5 Å². The topological polar surface area (TPSA) is 99.1 Å². The summed E-state index contributed by atoms with van der Waals surface area (Å²) in [5.74, 6) is -0.903. The number of hydrogen-bond donors (Lipinski definition) is 2. The Bertz CT molecular complexity index is 905. The fourth-order valence-corrected chi connectivity index (χ4v) is 2.98. The summed E-state index contributed by atoms with van der Waals surface area (Å²) in [5.41, 5.74) is 1.29. The van der Waals surface area contributed by atoms with Gasteiger partial charge >= 0.3 is 0 Å². The molecule has 2 N–H and O–H groups in total. The fraction of sp³-hybridized carbons (Fsp3) is 0.176. The summed E-state index contributed by atoms with van der Waals surface area (Å²) in [6.07, 6.45) is 0.799. The van der Waals surface area contributed by atoms with Crippen LogP contribution in [0.5, 0.6) is 0 Å². The van der Waals surface area contributed by atoms with Crippen molar-refractivity contribution in [3.63, 3.8) is 0 Å². The van der Waals surface area contributed by atoms with Gasteiger partial charge in [0.25, 0.3) is 0 Å². The number of sulfonamides is 1. The van der Waals surface area contributed by atoms with Crippen molar-refractivity contribution in [1.82, 2.24) is 4.72 Å². The van der Waals surface area contributed by atoms with Gasteiger partial charge in [-0.3, -0.25) is 4.79 Å². The van der Waals surface area contributed by atoms with E-state index in [2.05, 4.69) is 10.0 Å². The van der Waals surface area contributed by atoms with Gasteiger partial charge in [-0.1, -0.05) is 18.2 Å². The molecule has 0 aliphatic carbocycles. The Morgan fingerprint density at radius 3 is 2.52 bits per heavy atom. The van der Waals surface area contributed by atoms with E-state index in [1.54, 1.807) is 18.2 Å². The van der Waals surface area contributed by atoms with Crippen LogP contribution in [0.15, 0.2) is 48.5 Å². The van der Waals surface area contributed by atoms with Crippen LogP contribution in [0.4, 0.5) is 10.1 Å².